The Labute approximate surface area is 166 Å². The third-order valence-electron chi connectivity index (χ3n) is 4.94. The van der Waals surface area contributed by atoms with Crippen molar-refractivity contribution in [3.05, 3.63) is 29.8 Å². The lowest BCUT2D eigenvalue weighted by Gasteiger charge is -2.22. The molecular formula is C21H31N3O4. The molecule has 0 aliphatic heterocycles. The van der Waals surface area contributed by atoms with Crippen LogP contribution in [0.3, 0.4) is 0 Å². The highest BCUT2D eigenvalue weighted by Crippen LogP contribution is 2.17. The first-order valence-corrected chi connectivity index (χ1v) is 10.2. The van der Waals surface area contributed by atoms with Gasteiger partial charge in [0.2, 0.25) is 5.91 Å². The van der Waals surface area contributed by atoms with Crippen LogP contribution < -0.4 is 16.0 Å². The van der Waals surface area contributed by atoms with Gasteiger partial charge in [-0.3, -0.25) is 9.59 Å². The van der Waals surface area contributed by atoms with E-state index in [2.05, 4.69) is 16.0 Å². The number of rotatable bonds is 10. The van der Waals surface area contributed by atoms with Crippen molar-refractivity contribution in [2.24, 2.45) is 0 Å². The molecular weight excluding hydrogens is 358 g/mol. The zero-order valence-corrected chi connectivity index (χ0v) is 16.3. The summed E-state index contributed by atoms with van der Waals surface area (Å²) < 4.78 is 0. The number of para-hydroxylation sites is 1. The van der Waals surface area contributed by atoms with Crippen LogP contribution in [-0.4, -0.2) is 35.6 Å². The van der Waals surface area contributed by atoms with Crippen molar-refractivity contribution < 1.29 is 19.5 Å². The number of anilines is 1. The Morgan fingerprint density at radius 1 is 1.00 bits per heavy atom. The molecule has 1 aliphatic rings. The van der Waals surface area contributed by atoms with Gasteiger partial charge in [0, 0.05) is 24.7 Å². The lowest BCUT2D eigenvalue weighted by Crippen LogP contribution is -2.43. The third kappa shape index (κ3) is 8.41. The van der Waals surface area contributed by atoms with Gasteiger partial charge >= 0.3 is 12.0 Å². The second kappa shape index (κ2) is 12.0. The molecule has 3 amide bonds. The van der Waals surface area contributed by atoms with E-state index in [4.69, 9.17) is 5.11 Å². The minimum absolute atomic E-state index is 0.0975. The van der Waals surface area contributed by atoms with Crippen LogP contribution in [0.5, 0.6) is 0 Å². The molecule has 0 unspecified atom stereocenters. The van der Waals surface area contributed by atoms with Crippen LogP contribution in [-0.2, 0) is 16.0 Å². The molecule has 7 nitrogen and oxygen atoms in total. The highest BCUT2D eigenvalue weighted by molar-refractivity contribution is 5.92. The first-order valence-electron chi connectivity index (χ1n) is 10.2. The molecule has 1 aliphatic carbocycles. The number of hydrogen-bond donors (Lipinski definition) is 4. The number of aliphatic carboxylic acids is 1. The van der Waals surface area contributed by atoms with Crippen LogP contribution in [0.1, 0.15) is 63.4 Å². The van der Waals surface area contributed by atoms with Crippen molar-refractivity contribution in [1.82, 2.24) is 10.6 Å². The number of unbranched alkanes of at least 4 members (excludes halogenated alkanes) is 2. The summed E-state index contributed by atoms with van der Waals surface area (Å²) in [6, 6.07) is 7.15. The first-order chi connectivity index (χ1) is 13.5. The summed E-state index contributed by atoms with van der Waals surface area (Å²) in [5.41, 5.74) is 1.15. The molecule has 7 heteroatoms. The minimum Gasteiger partial charge on any atom is -0.481 e. The topological polar surface area (TPSA) is 108 Å². The van der Waals surface area contributed by atoms with Crippen LogP contribution >= 0.6 is 0 Å². The van der Waals surface area contributed by atoms with E-state index >= 15 is 0 Å². The molecule has 0 bridgehead atoms. The lowest BCUT2D eigenvalue weighted by atomic mass is 9.96. The fraction of sp³-hybridized carbons (Fsp3) is 0.571. The van der Waals surface area contributed by atoms with E-state index in [0.717, 1.165) is 32.1 Å². The summed E-state index contributed by atoms with van der Waals surface area (Å²) >= 11 is 0. The van der Waals surface area contributed by atoms with Gasteiger partial charge in [0.05, 0.1) is 6.42 Å². The Hall–Kier alpha value is -2.57. The normalized spacial score (nSPS) is 14.3. The van der Waals surface area contributed by atoms with Gasteiger partial charge in [0.25, 0.3) is 0 Å². The van der Waals surface area contributed by atoms with E-state index in [1.807, 2.05) is 0 Å². The number of carboxylic acids is 1. The number of urea groups is 1. The fourth-order valence-corrected chi connectivity index (χ4v) is 3.44. The molecule has 0 saturated heterocycles. The van der Waals surface area contributed by atoms with Gasteiger partial charge in [-0.1, -0.05) is 43.9 Å². The van der Waals surface area contributed by atoms with E-state index in [0.29, 0.717) is 30.3 Å². The number of carboxylic acid groups (broad SMARTS) is 1. The molecule has 2 rings (SSSR count). The molecule has 1 aromatic carbocycles. The summed E-state index contributed by atoms with van der Waals surface area (Å²) in [4.78, 5) is 34.8. The van der Waals surface area contributed by atoms with Gasteiger partial charge < -0.3 is 21.1 Å². The molecule has 1 aromatic rings. The summed E-state index contributed by atoms with van der Waals surface area (Å²) in [5.74, 6) is -1.05. The van der Waals surface area contributed by atoms with Gasteiger partial charge in [0.1, 0.15) is 0 Å². The number of carbonyl (C=O) groups is 3. The van der Waals surface area contributed by atoms with Gasteiger partial charge in [-0.2, -0.15) is 0 Å². The number of amides is 3. The van der Waals surface area contributed by atoms with Crippen LogP contribution in [0, 0.1) is 0 Å². The smallest absolute Gasteiger partial charge is 0.315 e. The van der Waals surface area contributed by atoms with Crippen molar-refractivity contribution >= 4 is 23.6 Å². The van der Waals surface area contributed by atoms with Crippen molar-refractivity contribution in [2.45, 2.75) is 70.3 Å². The predicted octanol–water partition coefficient (Wildman–Crippen LogP) is 3.44. The summed E-state index contributed by atoms with van der Waals surface area (Å²) in [6.45, 7) is 0.599. The molecule has 28 heavy (non-hydrogen) atoms. The Bertz CT molecular complexity index is 657. The van der Waals surface area contributed by atoms with E-state index in [-0.39, 0.29) is 18.4 Å². The summed E-state index contributed by atoms with van der Waals surface area (Å²) in [7, 11) is 0. The lowest BCUT2D eigenvalue weighted by molar-refractivity contribution is -0.136. The van der Waals surface area contributed by atoms with E-state index in [1.165, 1.54) is 19.3 Å². The molecule has 154 valence electrons. The maximum atomic E-state index is 12.1. The van der Waals surface area contributed by atoms with Crippen LogP contribution in [0.15, 0.2) is 24.3 Å². The largest absolute Gasteiger partial charge is 0.481 e. The van der Waals surface area contributed by atoms with E-state index in [9.17, 15) is 14.4 Å². The van der Waals surface area contributed by atoms with Crippen molar-refractivity contribution in [1.29, 1.82) is 0 Å². The van der Waals surface area contributed by atoms with Crippen molar-refractivity contribution in [2.75, 3.05) is 11.9 Å². The highest BCUT2D eigenvalue weighted by Gasteiger charge is 2.15. The maximum absolute atomic E-state index is 12.1. The molecule has 0 aromatic heterocycles. The maximum Gasteiger partial charge on any atom is 0.315 e. The van der Waals surface area contributed by atoms with E-state index in [1.54, 1.807) is 24.3 Å². The Morgan fingerprint density at radius 2 is 1.75 bits per heavy atom. The predicted molar refractivity (Wildman–Crippen MR) is 108 cm³/mol. The second-order valence-corrected chi connectivity index (χ2v) is 7.32. The molecule has 0 spiro atoms. The highest BCUT2D eigenvalue weighted by atomic mass is 16.4. The van der Waals surface area contributed by atoms with Crippen molar-refractivity contribution in [3.63, 3.8) is 0 Å². The van der Waals surface area contributed by atoms with E-state index < -0.39 is 5.97 Å². The average Bonchev–Trinajstić information content (AvgIpc) is 2.66. The Kier molecular flexibility index (Phi) is 9.31. The minimum atomic E-state index is -0.929. The Balaban J connectivity index is 1.56. The number of carbonyl (C=O) groups excluding carboxylic acids is 2. The van der Waals surface area contributed by atoms with Gasteiger partial charge in [0.15, 0.2) is 0 Å². The monoisotopic (exact) mass is 389 g/mol. The second-order valence-electron chi connectivity index (χ2n) is 7.32. The first kappa shape index (κ1) is 21.7. The molecule has 4 N–H and O–H groups in total. The van der Waals surface area contributed by atoms with Crippen molar-refractivity contribution in [3.8, 4) is 0 Å². The third-order valence-corrected chi connectivity index (χ3v) is 4.94. The zero-order valence-electron chi connectivity index (χ0n) is 16.3. The van der Waals surface area contributed by atoms with Gasteiger partial charge in [-0.25, -0.2) is 4.79 Å². The molecule has 0 heterocycles. The summed E-state index contributed by atoms with van der Waals surface area (Å²) in [6.07, 6.45) is 8.41. The molecule has 0 radical (unpaired) electrons. The van der Waals surface area contributed by atoms with Gasteiger partial charge in [-0.15, -0.1) is 0 Å². The van der Waals surface area contributed by atoms with Crippen LogP contribution in [0.4, 0.5) is 10.5 Å². The zero-order chi connectivity index (χ0) is 20.2. The summed E-state index contributed by atoms with van der Waals surface area (Å²) in [5, 5.41) is 17.6. The standard InChI is InChI=1S/C21H31N3O4/c25-19(24-18-12-7-6-9-16(18)15-20(26)27)13-5-2-8-14-22-21(28)23-17-10-3-1-4-11-17/h6-7,9,12,17H,1-5,8,10-11,13-15H2,(H,24,25)(H,26,27)(H2,22,23,28). The van der Waals surface area contributed by atoms with Crippen LogP contribution in [0.25, 0.3) is 0 Å². The SMILES string of the molecule is O=C(O)Cc1ccccc1NC(=O)CCCCCNC(=O)NC1CCCCC1. The van der Waals surface area contributed by atoms with Gasteiger partial charge in [-0.05, 0) is 37.3 Å². The number of hydrogen-bond acceptors (Lipinski definition) is 3. The number of nitrogens with one attached hydrogen (secondary N) is 3. The number of benzene rings is 1. The fourth-order valence-electron chi connectivity index (χ4n) is 3.44. The quantitative estimate of drug-likeness (QED) is 0.460. The molecule has 1 fully saturated rings. The molecule has 0 atom stereocenters. The average molecular weight is 389 g/mol. The van der Waals surface area contributed by atoms with Crippen LogP contribution in [0.2, 0.25) is 0 Å². The molecule has 1 saturated carbocycles. The Morgan fingerprint density at radius 3 is 2.50 bits per heavy atom.